The number of rotatable bonds is 4. The number of hydrogen-bond donors (Lipinski definition) is 2. The molecule has 2 N–H and O–H groups in total. The van der Waals surface area contributed by atoms with Crippen LogP contribution in [0.2, 0.25) is 0 Å². The third kappa shape index (κ3) is 6.34. The SMILES string of the molecule is CC(C)(C)OC(=O)NCC(=O)NC1CCN(C(=O)c2ccccn2)CC1. The lowest BCUT2D eigenvalue weighted by molar-refractivity contribution is -0.121. The maximum Gasteiger partial charge on any atom is 0.408 e. The highest BCUT2D eigenvalue weighted by Gasteiger charge is 2.25. The molecule has 0 atom stereocenters. The van der Waals surface area contributed by atoms with Gasteiger partial charge in [-0.3, -0.25) is 14.6 Å². The summed E-state index contributed by atoms with van der Waals surface area (Å²) in [7, 11) is 0. The van der Waals surface area contributed by atoms with Crippen LogP contribution >= 0.6 is 0 Å². The molecule has 1 aromatic heterocycles. The van der Waals surface area contributed by atoms with Crippen LogP contribution in [0.4, 0.5) is 4.79 Å². The lowest BCUT2D eigenvalue weighted by Gasteiger charge is -2.32. The molecule has 0 saturated carbocycles. The number of amides is 3. The van der Waals surface area contributed by atoms with Gasteiger partial charge in [-0.15, -0.1) is 0 Å². The monoisotopic (exact) mass is 362 g/mol. The molecule has 2 rings (SSSR count). The molecule has 1 aromatic rings. The molecule has 1 fully saturated rings. The maximum atomic E-state index is 12.3. The fourth-order valence-corrected chi connectivity index (χ4v) is 2.62. The van der Waals surface area contributed by atoms with E-state index in [-0.39, 0.29) is 24.4 Å². The van der Waals surface area contributed by atoms with E-state index in [0.717, 1.165) is 0 Å². The average Bonchev–Trinajstić information content (AvgIpc) is 2.59. The first-order valence-corrected chi connectivity index (χ1v) is 8.71. The van der Waals surface area contributed by atoms with Gasteiger partial charge in [-0.25, -0.2) is 4.79 Å². The van der Waals surface area contributed by atoms with Gasteiger partial charge in [0, 0.05) is 25.3 Å². The van der Waals surface area contributed by atoms with Crippen molar-refractivity contribution in [3.8, 4) is 0 Å². The minimum Gasteiger partial charge on any atom is -0.444 e. The fraction of sp³-hybridized carbons (Fsp3) is 0.556. The Labute approximate surface area is 153 Å². The molecular weight excluding hydrogens is 336 g/mol. The van der Waals surface area contributed by atoms with Crippen LogP contribution in [-0.4, -0.2) is 59.1 Å². The number of alkyl carbamates (subject to hydrolysis) is 1. The van der Waals surface area contributed by atoms with E-state index >= 15 is 0 Å². The van der Waals surface area contributed by atoms with Gasteiger partial charge < -0.3 is 20.3 Å². The third-order valence-corrected chi connectivity index (χ3v) is 3.82. The smallest absolute Gasteiger partial charge is 0.408 e. The van der Waals surface area contributed by atoms with Crippen LogP contribution < -0.4 is 10.6 Å². The van der Waals surface area contributed by atoms with Gasteiger partial charge in [0.15, 0.2) is 0 Å². The summed E-state index contributed by atoms with van der Waals surface area (Å²) in [5.41, 5.74) is -0.176. The molecule has 0 spiro atoms. The Morgan fingerprint density at radius 2 is 1.92 bits per heavy atom. The van der Waals surface area contributed by atoms with Crippen molar-refractivity contribution in [1.29, 1.82) is 0 Å². The van der Waals surface area contributed by atoms with Gasteiger partial charge in [-0.2, -0.15) is 0 Å². The van der Waals surface area contributed by atoms with Crippen molar-refractivity contribution in [1.82, 2.24) is 20.5 Å². The molecule has 0 radical (unpaired) electrons. The molecule has 8 nitrogen and oxygen atoms in total. The first kappa shape index (κ1) is 19.7. The standard InChI is InChI=1S/C18H26N4O4/c1-18(2,3)26-17(25)20-12-15(23)21-13-7-10-22(11-8-13)16(24)14-6-4-5-9-19-14/h4-6,9,13H,7-8,10-12H2,1-3H3,(H,20,25)(H,21,23). The highest BCUT2D eigenvalue weighted by molar-refractivity contribution is 5.92. The van der Waals surface area contributed by atoms with E-state index in [1.807, 2.05) is 0 Å². The zero-order valence-electron chi connectivity index (χ0n) is 15.4. The number of aromatic nitrogens is 1. The minimum atomic E-state index is -0.622. The number of carbonyl (C=O) groups is 3. The van der Waals surface area contributed by atoms with Crippen molar-refractivity contribution >= 4 is 17.9 Å². The molecule has 8 heteroatoms. The van der Waals surface area contributed by atoms with Crippen LogP contribution in [0.3, 0.4) is 0 Å². The number of piperidine rings is 1. The Bertz CT molecular complexity index is 634. The number of hydrogen-bond acceptors (Lipinski definition) is 5. The normalized spacial score (nSPS) is 15.3. The van der Waals surface area contributed by atoms with Crippen molar-refractivity contribution in [3.05, 3.63) is 30.1 Å². The van der Waals surface area contributed by atoms with E-state index in [2.05, 4.69) is 15.6 Å². The van der Waals surface area contributed by atoms with E-state index in [9.17, 15) is 14.4 Å². The first-order chi connectivity index (χ1) is 12.2. The molecule has 0 bridgehead atoms. The summed E-state index contributed by atoms with van der Waals surface area (Å²) in [4.78, 5) is 41.6. The predicted molar refractivity (Wildman–Crippen MR) is 95.5 cm³/mol. The number of pyridine rings is 1. The first-order valence-electron chi connectivity index (χ1n) is 8.71. The van der Waals surface area contributed by atoms with Gasteiger partial charge >= 0.3 is 6.09 Å². The van der Waals surface area contributed by atoms with Gasteiger partial charge in [0.2, 0.25) is 5.91 Å². The van der Waals surface area contributed by atoms with E-state index in [0.29, 0.717) is 31.6 Å². The van der Waals surface area contributed by atoms with Crippen LogP contribution in [-0.2, 0) is 9.53 Å². The summed E-state index contributed by atoms with van der Waals surface area (Å²) in [5, 5.41) is 5.30. The zero-order valence-corrected chi connectivity index (χ0v) is 15.4. The minimum absolute atomic E-state index is 0.0179. The number of nitrogens with one attached hydrogen (secondary N) is 2. The fourth-order valence-electron chi connectivity index (χ4n) is 2.62. The van der Waals surface area contributed by atoms with Gasteiger partial charge in [-0.1, -0.05) is 6.07 Å². The number of nitrogens with zero attached hydrogens (tertiary/aromatic N) is 2. The van der Waals surface area contributed by atoms with Crippen LogP contribution in [0.1, 0.15) is 44.1 Å². The second kappa shape index (κ2) is 8.64. The highest BCUT2D eigenvalue weighted by Crippen LogP contribution is 2.13. The molecule has 0 aliphatic carbocycles. The molecule has 1 aliphatic rings. The van der Waals surface area contributed by atoms with Gasteiger partial charge in [0.25, 0.3) is 5.91 Å². The lowest BCUT2D eigenvalue weighted by atomic mass is 10.0. The Morgan fingerprint density at radius 1 is 1.23 bits per heavy atom. The van der Waals surface area contributed by atoms with Gasteiger partial charge in [-0.05, 0) is 45.7 Å². The summed E-state index contributed by atoms with van der Waals surface area (Å²) in [6.45, 7) is 6.24. The number of carbonyl (C=O) groups excluding carboxylic acids is 3. The Morgan fingerprint density at radius 3 is 2.50 bits per heavy atom. The Kier molecular flexibility index (Phi) is 6.54. The number of likely N-dealkylation sites (tertiary alicyclic amines) is 1. The van der Waals surface area contributed by atoms with Crippen LogP contribution in [0, 0.1) is 0 Å². The predicted octanol–water partition coefficient (Wildman–Crippen LogP) is 1.33. The van der Waals surface area contributed by atoms with Gasteiger partial charge in [0.05, 0.1) is 0 Å². The van der Waals surface area contributed by atoms with E-state index in [4.69, 9.17) is 4.74 Å². The second-order valence-corrected chi connectivity index (χ2v) is 7.20. The number of ether oxygens (including phenoxy) is 1. The molecule has 3 amide bonds. The van der Waals surface area contributed by atoms with Crippen LogP contribution in [0.15, 0.2) is 24.4 Å². The summed E-state index contributed by atoms with van der Waals surface area (Å²) >= 11 is 0. The maximum absolute atomic E-state index is 12.3. The molecule has 1 aliphatic heterocycles. The summed E-state index contributed by atoms with van der Waals surface area (Å²) in [5.74, 6) is -0.368. The topological polar surface area (TPSA) is 101 Å². The van der Waals surface area contributed by atoms with E-state index < -0.39 is 11.7 Å². The summed E-state index contributed by atoms with van der Waals surface area (Å²) in [6.07, 6.45) is 2.30. The van der Waals surface area contributed by atoms with E-state index in [1.54, 1.807) is 50.1 Å². The Hall–Kier alpha value is -2.64. The molecule has 2 heterocycles. The second-order valence-electron chi connectivity index (χ2n) is 7.20. The zero-order chi connectivity index (χ0) is 19.2. The Balaban J connectivity index is 1.70. The molecule has 26 heavy (non-hydrogen) atoms. The van der Waals surface area contributed by atoms with Crippen molar-refractivity contribution in [3.63, 3.8) is 0 Å². The third-order valence-electron chi connectivity index (χ3n) is 3.82. The average molecular weight is 362 g/mol. The highest BCUT2D eigenvalue weighted by atomic mass is 16.6. The van der Waals surface area contributed by atoms with E-state index in [1.165, 1.54) is 0 Å². The largest absolute Gasteiger partial charge is 0.444 e. The molecule has 0 aromatic carbocycles. The molecule has 0 unspecified atom stereocenters. The molecular formula is C18H26N4O4. The van der Waals surface area contributed by atoms with Crippen LogP contribution in [0.5, 0.6) is 0 Å². The molecule has 1 saturated heterocycles. The van der Waals surface area contributed by atoms with Crippen LogP contribution in [0.25, 0.3) is 0 Å². The van der Waals surface area contributed by atoms with Gasteiger partial charge in [0.1, 0.15) is 17.8 Å². The summed E-state index contributed by atoms with van der Waals surface area (Å²) in [6, 6.07) is 5.23. The summed E-state index contributed by atoms with van der Waals surface area (Å²) < 4.78 is 5.08. The van der Waals surface area contributed by atoms with Crippen molar-refractivity contribution in [2.45, 2.75) is 45.3 Å². The molecule has 142 valence electrons. The van der Waals surface area contributed by atoms with Crippen molar-refractivity contribution < 1.29 is 19.1 Å². The van der Waals surface area contributed by atoms with Crippen molar-refractivity contribution in [2.24, 2.45) is 0 Å². The lowest BCUT2D eigenvalue weighted by Crippen LogP contribution is -2.49. The quantitative estimate of drug-likeness (QED) is 0.841. The van der Waals surface area contributed by atoms with Crippen molar-refractivity contribution in [2.75, 3.05) is 19.6 Å².